The fraction of sp³-hybridized carbons (Fsp3) is 0.800. The molecule has 0 N–H and O–H groups in total. The molecule has 0 heterocycles. The van der Waals surface area contributed by atoms with Crippen LogP contribution in [-0.4, -0.2) is 0 Å². The summed E-state index contributed by atoms with van der Waals surface area (Å²) in [6.07, 6.45) is 20.6. The Morgan fingerprint density at radius 3 is 2.40 bits per heavy atom. The summed E-state index contributed by atoms with van der Waals surface area (Å²) in [5.74, 6) is 1.03. The molecule has 0 bridgehead atoms. The van der Waals surface area contributed by atoms with E-state index >= 15 is 0 Å². The molecule has 2 unspecified atom stereocenters. The molecule has 0 nitrogen and oxygen atoms in total. The summed E-state index contributed by atoms with van der Waals surface area (Å²) in [5, 5.41) is 0. The number of hydrogen-bond donors (Lipinski definition) is 0. The highest BCUT2D eigenvalue weighted by Gasteiger charge is 2.50. The van der Waals surface area contributed by atoms with Crippen molar-refractivity contribution in [1.29, 1.82) is 0 Å². The van der Waals surface area contributed by atoms with Crippen LogP contribution in [0.3, 0.4) is 0 Å². The van der Waals surface area contributed by atoms with Crippen molar-refractivity contribution in [3.05, 3.63) is 23.8 Å². The fourth-order valence-electron chi connectivity index (χ4n) is 3.70. The number of rotatable bonds is 11. The molecular weight excluding hydrogens is 240 g/mol. The van der Waals surface area contributed by atoms with Crippen LogP contribution in [-0.2, 0) is 0 Å². The third kappa shape index (κ3) is 5.46. The van der Waals surface area contributed by atoms with Crippen molar-refractivity contribution >= 4 is 0 Å². The van der Waals surface area contributed by atoms with E-state index in [2.05, 4.69) is 45.9 Å². The third-order valence-corrected chi connectivity index (χ3v) is 5.29. The van der Waals surface area contributed by atoms with Gasteiger partial charge in [-0.05, 0) is 63.2 Å². The van der Waals surface area contributed by atoms with Crippen molar-refractivity contribution in [3.63, 3.8) is 0 Å². The van der Waals surface area contributed by atoms with E-state index in [4.69, 9.17) is 0 Å². The third-order valence-electron chi connectivity index (χ3n) is 5.29. The van der Waals surface area contributed by atoms with Crippen molar-refractivity contribution in [3.8, 4) is 0 Å². The highest BCUT2D eigenvalue weighted by Crippen LogP contribution is 2.60. The first-order chi connectivity index (χ1) is 9.72. The van der Waals surface area contributed by atoms with Gasteiger partial charge in [0, 0.05) is 0 Å². The van der Waals surface area contributed by atoms with Crippen molar-refractivity contribution in [2.45, 2.75) is 91.9 Å². The largest absolute Gasteiger partial charge is 0.0885 e. The molecule has 0 aliphatic heterocycles. The Hall–Kier alpha value is -0.520. The van der Waals surface area contributed by atoms with Gasteiger partial charge in [-0.3, -0.25) is 0 Å². The SMILES string of the molecule is CC=C(CCC=CCCC)CCC1CC1(CC)CCC. The second-order valence-corrected chi connectivity index (χ2v) is 6.65. The van der Waals surface area contributed by atoms with E-state index in [-0.39, 0.29) is 0 Å². The van der Waals surface area contributed by atoms with E-state index in [1.807, 2.05) is 0 Å². The Balaban J connectivity index is 2.23. The van der Waals surface area contributed by atoms with Crippen LogP contribution in [0.2, 0.25) is 0 Å². The minimum Gasteiger partial charge on any atom is -0.0885 e. The summed E-state index contributed by atoms with van der Waals surface area (Å²) >= 11 is 0. The van der Waals surface area contributed by atoms with Gasteiger partial charge in [-0.15, -0.1) is 0 Å². The molecule has 1 fully saturated rings. The maximum atomic E-state index is 2.39. The molecule has 20 heavy (non-hydrogen) atoms. The molecule has 0 heteroatoms. The second-order valence-electron chi connectivity index (χ2n) is 6.65. The van der Waals surface area contributed by atoms with Gasteiger partial charge in [0.25, 0.3) is 0 Å². The van der Waals surface area contributed by atoms with Gasteiger partial charge in [0.1, 0.15) is 0 Å². The maximum absolute atomic E-state index is 2.39. The molecule has 0 aromatic rings. The van der Waals surface area contributed by atoms with E-state index in [9.17, 15) is 0 Å². The predicted molar refractivity (Wildman–Crippen MR) is 92.0 cm³/mol. The van der Waals surface area contributed by atoms with Crippen molar-refractivity contribution < 1.29 is 0 Å². The Morgan fingerprint density at radius 2 is 1.80 bits per heavy atom. The number of hydrogen-bond acceptors (Lipinski definition) is 0. The Kier molecular flexibility index (Phi) is 8.26. The zero-order valence-electron chi connectivity index (χ0n) is 14.4. The lowest BCUT2D eigenvalue weighted by Gasteiger charge is -2.14. The highest BCUT2D eigenvalue weighted by molar-refractivity contribution is 5.06. The highest BCUT2D eigenvalue weighted by atomic mass is 14.5. The van der Waals surface area contributed by atoms with Crippen LogP contribution in [0, 0.1) is 11.3 Å². The van der Waals surface area contributed by atoms with Crippen LogP contribution in [0.15, 0.2) is 23.8 Å². The standard InChI is InChI=1S/C20H36/c1-5-9-10-11-12-13-18(7-3)14-15-19-17-20(19,8-4)16-6-2/h7,10-11,19H,5-6,8-9,12-17H2,1-4H3. The molecule has 0 spiro atoms. The summed E-state index contributed by atoms with van der Waals surface area (Å²) in [6, 6.07) is 0. The summed E-state index contributed by atoms with van der Waals surface area (Å²) in [4.78, 5) is 0. The molecule has 0 aromatic heterocycles. The van der Waals surface area contributed by atoms with E-state index in [0.717, 1.165) is 11.3 Å². The normalized spacial score (nSPS) is 26.4. The van der Waals surface area contributed by atoms with Gasteiger partial charge in [-0.2, -0.15) is 0 Å². The first kappa shape index (κ1) is 17.5. The average Bonchev–Trinajstić information content (AvgIpc) is 3.16. The Morgan fingerprint density at radius 1 is 1.05 bits per heavy atom. The Bertz CT molecular complexity index is 310. The number of unbranched alkanes of at least 4 members (excludes halogenated alkanes) is 1. The minimum atomic E-state index is 0.745. The second kappa shape index (κ2) is 9.42. The average molecular weight is 277 g/mol. The van der Waals surface area contributed by atoms with Crippen LogP contribution < -0.4 is 0 Å². The monoisotopic (exact) mass is 276 g/mol. The van der Waals surface area contributed by atoms with Gasteiger partial charge < -0.3 is 0 Å². The van der Waals surface area contributed by atoms with Gasteiger partial charge in [0.05, 0.1) is 0 Å². The molecule has 1 rings (SSSR count). The quantitative estimate of drug-likeness (QED) is 0.354. The molecule has 2 atom stereocenters. The molecule has 0 aromatic carbocycles. The van der Waals surface area contributed by atoms with Gasteiger partial charge in [-0.1, -0.05) is 63.8 Å². The molecule has 0 radical (unpaired) electrons. The lowest BCUT2D eigenvalue weighted by Crippen LogP contribution is -2.02. The molecule has 1 aliphatic carbocycles. The summed E-state index contributed by atoms with van der Waals surface area (Å²) in [5.41, 5.74) is 2.42. The van der Waals surface area contributed by atoms with E-state index < -0.39 is 0 Å². The molecule has 1 saturated carbocycles. The predicted octanol–water partition coefficient (Wildman–Crippen LogP) is 7.07. The van der Waals surface area contributed by atoms with Gasteiger partial charge >= 0.3 is 0 Å². The first-order valence-electron chi connectivity index (χ1n) is 9.01. The topological polar surface area (TPSA) is 0 Å². The lowest BCUT2D eigenvalue weighted by atomic mass is 9.91. The van der Waals surface area contributed by atoms with Crippen LogP contribution in [0.4, 0.5) is 0 Å². The van der Waals surface area contributed by atoms with Gasteiger partial charge in [0.15, 0.2) is 0 Å². The number of allylic oxidation sites excluding steroid dienone is 4. The molecule has 0 amide bonds. The van der Waals surface area contributed by atoms with Crippen LogP contribution in [0.5, 0.6) is 0 Å². The van der Waals surface area contributed by atoms with E-state index in [0.29, 0.717) is 0 Å². The van der Waals surface area contributed by atoms with Crippen LogP contribution in [0.25, 0.3) is 0 Å². The zero-order valence-corrected chi connectivity index (χ0v) is 14.4. The molecule has 0 saturated heterocycles. The minimum absolute atomic E-state index is 0.745. The molecule has 1 aliphatic rings. The van der Waals surface area contributed by atoms with E-state index in [1.54, 1.807) is 5.57 Å². The van der Waals surface area contributed by atoms with Crippen molar-refractivity contribution in [1.82, 2.24) is 0 Å². The smallest absolute Gasteiger partial charge is 0.0269 e. The van der Waals surface area contributed by atoms with Gasteiger partial charge in [-0.25, -0.2) is 0 Å². The summed E-state index contributed by atoms with van der Waals surface area (Å²) in [7, 11) is 0. The van der Waals surface area contributed by atoms with E-state index in [1.165, 1.54) is 64.2 Å². The molecule has 116 valence electrons. The lowest BCUT2D eigenvalue weighted by molar-refractivity contribution is 0.387. The first-order valence-corrected chi connectivity index (χ1v) is 9.01. The van der Waals surface area contributed by atoms with Gasteiger partial charge in [0.2, 0.25) is 0 Å². The maximum Gasteiger partial charge on any atom is -0.0269 e. The fourth-order valence-corrected chi connectivity index (χ4v) is 3.70. The summed E-state index contributed by atoms with van der Waals surface area (Å²) in [6.45, 7) is 9.20. The van der Waals surface area contributed by atoms with Crippen molar-refractivity contribution in [2.24, 2.45) is 11.3 Å². The van der Waals surface area contributed by atoms with Crippen LogP contribution >= 0.6 is 0 Å². The van der Waals surface area contributed by atoms with Crippen LogP contribution in [0.1, 0.15) is 91.9 Å². The summed E-state index contributed by atoms with van der Waals surface area (Å²) < 4.78 is 0. The zero-order chi connectivity index (χ0) is 14.8. The van der Waals surface area contributed by atoms with Crippen molar-refractivity contribution in [2.75, 3.05) is 0 Å². The Labute approximate surface area is 127 Å². The molecular formula is C20H36.